The van der Waals surface area contributed by atoms with E-state index in [1.807, 2.05) is 11.3 Å². The van der Waals surface area contributed by atoms with E-state index in [0.29, 0.717) is 0 Å². The van der Waals surface area contributed by atoms with E-state index in [-0.39, 0.29) is 0 Å². The highest BCUT2D eigenvalue weighted by Gasteiger charge is 2.24. The van der Waals surface area contributed by atoms with Gasteiger partial charge in [0.25, 0.3) is 0 Å². The second kappa shape index (κ2) is 8.16. The smallest absolute Gasteiger partial charge is 0.138 e. The van der Waals surface area contributed by atoms with Gasteiger partial charge < -0.3 is 0 Å². The van der Waals surface area contributed by atoms with Crippen LogP contribution in [0.1, 0.15) is 0 Å². The Morgan fingerprint density at radius 2 is 1.17 bits per heavy atom. The Morgan fingerprint density at radius 3 is 2.10 bits per heavy atom. The van der Waals surface area contributed by atoms with Crippen LogP contribution < -0.4 is 0 Å². The average Bonchev–Trinajstić information content (AvgIpc) is 3.69. The predicted molar refractivity (Wildman–Crippen MR) is 179 cm³/mol. The van der Waals surface area contributed by atoms with E-state index in [0.717, 1.165) is 11.5 Å². The van der Waals surface area contributed by atoms with Gasteiger partial charge in [-0.05, 0) is 70.1 Å². The summed E-state index contributed by atoms with van der Waals surface area (Å²) >= 11 is 1.86. The van der Waals surface area contributed by atoms with E-state index in [1.54, 1.807) is 0 Å². The van der Waals surface area contributed by atoms with Crippen molar-refractivity contribution in [2.45, 2.75) is 0 Å². The Bertz CT molecular complexity index is 2580. The number of aromatic nitrogens is 2. The molecule has 0 saturated carbocycles. The highest BCUT2D eigenvalue weighted by Crippen LogP contribution is 2.47. The summed E-state index contributed by atoms with van der Waals surface area (Å²) in [4.78, 5) is 5.36. The molecule has 0 spiro atoms. The van der Waals surface area contributed by atoms with Crippen LogP contribution in [0.3, 0.4) is 0 Å². The fourth-order valence-corrected chi connectivity index (χ4v) is 8.15. The van der Waals surface area contributed by atoms with Crippen molar-refractivity contribution in [2.75, 3.05) is 0 Å². The first-order chi connectivity index (χ1) is 20.8. The van der Waals surface area contributed by atoms with Crippen LogP contribution in [0.25, 0.3) is 92.1 Å². The minimum Gasteiger partial charge on any atom is -0.294 e. The topological polar surface area (TPSA) is 17.8 Å². The normalized spacial score (nSPS) is 12.3. The van der Waals surface area contributed by atoms with Crippen LogP contribution in [0, 0.1) is 0 Å². The molecule has 0 atom stereocenters. The summed E-state index contributed by atoms with van der Waals surface area (Å²) in [6.07, 6.45) is 0. The van der Waals surface area contributed by atoms with Crippen LogP contribution in [0.2, 0.25) is 0 Å². The summed E-state index contributed by atoms with van der Waals surface area (Å²) in [5.41, 5.74) is 9.65. The van der Waals surface area contributed by atoms with E-state index in [2.05, 4.69) is 138 Å². The van der Waals surface area contributed by atoms with Crippen molar-refractivity contribution in [3.05, 3.63) is 133 Å². The number of para-hydroxylation sites is 1. The lowest BCUT2D eigenvalue weighted by Crippen LogP contribution is -1.98. The van der Waals surface area contributed by atoms with Crippen molar-refractivity contribution in [3.8, 4) is 39.3 Å². The van der Waals surface area contributed by atoms with Gasteiger partial charge in [-0.3, -0.25) is 4.57 Å². The molecule has 0 unspecified atom stereocenters. The van der Waals surface area contributed by atoms with Crippen molar-refractivity contribution >= 4 is 64.1 Å². The van der Waals surface area contributed by atoms with Gasteiger partial charge in [-0.2, -0.15) is 0 Å². The van der Waals surface area contributed by atoms with E-state index >= 15 is 0 Å². The number of rotatable bonds is 2. The highest BCUT2D eigenvalue weighted by atomic mass is 32.1. The molecule has 3 heterocycles. The zero-order valence-corrected chi connectivity index (χ0v) is 23.3. The third-order valence-corrected chi connectivity index (χ3v) is 10.1. The molecule has 6 aromatic carbocycles. The van der Waals surface area contributed by atoms with Crippen LogP contribution in [-0.4, -0.2) is 9.55 Å². The zero-order chi connectivity index (χ0) is 27.4. The molecule has 194 valence electrons. The number of benzene rings is 6. The Kier molecular flexibility index (Phi) is 4.36. The van der Waals surface area contributed by atoms with Gasteiger partial charge in [0.1, 0.15) is 5.82 Å². The molecule has 0 saturated heterocycles. The average molecular weight is 551 g/mol. The number of hydrogen-bond acceptors (Lipinski definition) is 2. The summed E-state index contributed by atoms with van der Waals surface area (Å²) < 4.78 is 5.01. The maximum absolute atomic E-state index is 5.36. The van der Waals surface area contributed by atoms with Gasteiger partial charge in [-0.25, -0.2) is 4.98 Å². The minimum atomic E-state index is 0.955. The second-order valence-electron chi connectivity index (χ2n) is 11.2. The molecule has 9 aromatic rings. The van der Waals surface area contributed by atoms with Gasteiger partial charge in [0.05, 0.1) is 16.7 Å². The van der Waals surface area contributed by atoms with E-state index in [4.69, 9.17) is 4.98 Å². The molecule has 3 aromatic heterocycles. The van der Waals surface area contributed by atoms with Gasteiger partial charge in [-0.15, -0.1) is 11.3 Å². The lowest BCUT2D eigenvalue weighted by Gasteiger charge is -2.11. The standard InChI is InChI=1S/C39H22N2S/c1-2-12-30-26(9-1)29-13-7-8-25-22-37(40-39(30)38(25)29)41-33-14-5-3-10-27(33)31-20-23(16-18-34(31)41)24-17-19-36-32(21-24)28-11-4-6-15-35(28)42-36/h1-22H. The van der Waals surface area contributed by atoms with Gasteiger partial charge in [0, 0.05) is 41.9 Å². The summed E-state index contributed by atoms with van der Waals surface area (Å²) in [6.45, 7) is 0. The minimum absolute atomic E-state index is 0.955. The molecule has 0 fully saturated rings. The molecule has 10 rings (SSSR count). The quantitative estimate of drug-likeness (QED) is 0.209. The third kappa shape index (κ3) is 2.95. The maximum Gasteiger partial charge on any atom is 0.138 e. The molecule has 42 heavy (non-hydrogen) atoms. The van der Waals surface area contributed by atoms with Gasteiger partial charge in [0.15, 0.2) is 0 Å². The molecule has 0 aliphatic heterocycles. The van der Waals surface area contributed by atoms with Crippen LogP contribution in [0.5, 0.6) is 0 Å². The van der Waals surface area contributed by atoms with E-state index in [1.165, 1.54) is 80.6 Å². The molecule has 1 aliphatic carbocycles. The first-order valence-corrected chi connectivity index (χ1v) is 15.1. The van der Waals surface area contributed by atoms with Crippen LogP contribution in [0.4, 0.5) is 0 Å². The maximum atomic E-state index is 5.36. The number of nitrogens with zero attached hydrogens (tertiary/aromatic N) is 2. The zero-order valence-electron chi connectivity index (χ0n) is 22.5. The molecule has 0 N–H and O–H groups in total. The molecule has 0 bridgehead atoms. The van der Waals surface area contributed by atoms with Gasteiger partial charge in [0.2, 0.25) is 0 Å². The Hall–Kier alpha value is -5.25. The van der Waals surface area contributed by atoms with E-state index < -0.39 is 0 Å². The fourth-order valence-electron chi connectivity index (χ4n) is 7.06. The van der Waals surface area contributed by atoms with Gasteiger partial charge in [-0.1, -0.05) is 91.0 Å². The van der Waals surface area contributed by atoms with Crippen molar-refractivity contribution in [1.29, 1.82) is 0 Å². The first-order valence-electron chi connectivity index (χ1n) is 14.3. The fraction of sp³-hybridized carbons (Fsp3) is 0. The largest absolute Gasteiger partial charge is 0.294 e. The number of hydrogen-bond donors (Lipinski definition) is 0. The monoisotopic (exact) mass is 550 g/mol. The Morgan fingerprint density at radius 1 is 0.476 bits per heavy atom. The van der Waals surface area contributed by atoms with Crippen LogP contribution >= 0.6 is 11.3 Å². The first kappa shape index (κ1) is 22.4. The number of fused-ring (bicyclic) bond motifs is 9. The summed E-state index contributed by atoms with van der Waals surface area (Å²) in [5.74, 6) is 0.955. The number of thiophene rings is 1. The lowest BCUT2D eigenvalue weighted by atomic mass is 10.0. The molecular weight excluding hydrogens is 529 g/mol. The predicted octanol–water partition coefficient (Wildman–Crippen LogP) is 11.0. The second-order valence-corrected chi connectivity index (χ2v) is 12.3. The van der Waals surface area contributed by atoms with Crippen LogP contribution in [0.15, 0.2) is 133 Å². The van der Waals surface area contributed by atoms with Crippen molar-refractivity contribution in [3.63, 3.8) is 0 Å². The Balaban J connectivity index is 1.22. The van der Waals surface area contributed by atoms with Crippen LogP contribution in [-0.2, 0) is 0 Å². The third-order valence-electron chi connectivity index (χ3n) is 8.93. The van der Waals surface area contributed by atoms with Crippen molar-refractivity contribution < 1.29 is 0 Å². The SMILES string of the molecule is c1ccc2c(c1)-c1cccc3cc(-n4c5ccccc5c5cc(-c6ccc7sc8ccccc8c7c6)ccc54)nc-2c13. The summed E-state index contributed by atoms with van der Waals surface area (Å²) in [5, 5.41) is 7.62. The van der Waals surface area contributed by atoms with Crippen molar-refractivity contribution in [1.82, 2.24) is 9.55 Å². The molecule has 0 amide bonds. The lowest BCUT2D eigenvalue weighted by molar-refractivity contribution is 1.09. The molecule has 0 radical (unpaired) electrons. The van der Waals surface area contributed by atoms with Crippen molar-refractivity contribution in [2.24, 2.45) is 0 Å². The Labute approximate surface area is 245 Å². The number of pyridine rings is 1. The van der Waals surface area contributed by atoms with Gasteiger partial charge >= 0.3 is 0 Å². The molecular formula is C39H22N2S. The summed E-state index contributed by atoms with van der Waals surface area (Å²) in [6, 6.07) is 48.7. The highest BCUT2D eigenvalue weighted by molar-refractivity contribution is 7.25. The molecule has 3 heteroatoms. The molecule has 2 nitrogen and oxygen atoms in total. The molecule has 1 aliphatic rings. The van der Waals surface area contributed by atoms with E-state index in [9.17, 15) is 0 Å². The summed E-state index contributed by atoms with van der Waals surface area (Å²) in [7, 11) is 0.